The van der Waals surface area contributed by atoms with E-state index in [1.807, 2.05) is 36.4 Å². The summed E-state index contributed by atoms with van der Waals surface area (Å²) in [7, 11) is 0. The van der Waals surface area contributed by atoms with Crippen LogP contribution >= 0.6 is 0 Å². The largest absolute Gasteiger partial charge is 0.478 e. The molecule has 0 aliphatic heterocycles. The lowest BCUT2D eigenvalue weighted by Crippen LogP contribution is -1.96. The van der Waals surface area contributed by atoms with Crippen molar-refractivity contribution in [3.63, 3.8) is 0 Å². The number of benzene rings is 3. The first-order valence-electron chi connectivity index (χ1n) is 8.41. The summed E-state index contributed by atoms with van der Waals surface area (Å²) in [5.41, 5.74) is 4.81. The van der Waals surface area contributed by atoms with Gasteiger partial charge in [0.05, 0.1) is 17.5 Å². The van der Waals surface area contributed by atoms with Gasteiger partial charge in [0.15, 0.2) is 0 Å². The number of carboxylic acids is 1. The summed E-state index contributed by atoms with van der Waals surface area (Å²) in [6, 6.07) is 24.4. The van der Waals surface area contributed by atoms with Gasteiger partial charge >= 0.3 is 5.97 Å². The van der Waals surface area contributed by atoms with Crippen molar-refractivity contribution in [3.05, 3.63) is 90.2 Å². The number of fused-ring (bicyclic) bond motifs is 1. The van der Waals surface area contributed by atoms with E-state index in [1.54, 1.807) is 18.3 Å². The maximum atomic E-state index is 10.8. The number of carbonyl (C=O) groups is 1. The third kappa shape index (κ3) is 3.57. The minimum atomic E-state index is -0.957. The second-order valence-electron chi connectivity index (χ2n) is 5.98. The molecule has 0 radical (unpaired) electrons. The molecule has 5 nitrogen and oxygen atoms in total. The fourth-order valence-corrected chi connectivity index (χ4v) is 2.87. The van der Waals surface area contributed by atoms with Crippen LogP contribution in [0.5, 0.6) is 0 Å². The van der Waals surface area contributed by atoms with Crippen LogP contribution in [0.4, 0.5) is 5.69 Å². The zero-order valence-corrected chi connectivity index (χ0v) is 14.3. The topological polar surface area (TPSA) is 74.8 Å². The molecule has 0 fully saturated rings. The molecule has 0 aliphatic rings. The molecule has 132 valence electrons. The van der Waals surface area contributed by atoms with E-state index in [4.69, 9.17) is 9.52 Å². The van der Waals surface area contributed by atoms with E-state index < -0.39 is 5.97 Å². The molecule has 1 heterocycles. The Kier molecular flexibility index (Phi) is 4.41. The Bertz CT molecular complexity index is 1120. The van der Waals surface area contributed by atoms with E-state index in [1.165, 1.54) is 12.1 Å². The molecule has 0 atom stereocenters. The van der Waals surface area contributed by atoms with Gasteiger partial charge in [0, 0.05) is 5.56 Å². The summed E-state index contributed by atoms with van der Waals surface area (Å²) >= 11 is 0. The molecule has 0 aliphatic carbocycles. The Morgan fingerprint density at radius 3 is 2.52 bits per heavy atom. The molecule has 1 aromatic heterocycles. The summed E-state index contributed by atoms with van der Waals surface area (Å²) in [5, 5.41) is 15.3. The Labute approximate surface area is 155 Å². The normalized spacial score (nSPS) is 11.1. The summed E-state index contributed by atoms with van der Waals surface area (Å²) in [5.74, 6) is 0.438. The standard InChI is InChI=1S/C22H16N2O3/c25-22(26)16-8-10-17(11-9-16)24-23-14-18-12-13-21(27-18)20-7-3-5-15-4-1-2-6-19(15)20/h1-14,24H,(H,25,26). The van der Waals surface area contributed by atoms with Crippen molar-refractivity contribution < 1.29 is 14.3 Å². The lowest BCUT2D eigenvalue weighted by Gasteiger charge is -2.03. The highest BCUT2D eigenvalue weighted by atomic mass is 16.4. The molecule has 27 heavy (non-hydrogen) atoms. The molecule has 0 unspecified atom stereocenters. The smallest absolute Gasteiger partial charge is 0.335 e. The second kappa shape index (κ2) is 7.17. The van der Waals surface area contributed by atoms with Gasteiger partial charge in [-0.15, -0.1) is 0 Å². The molecule has 2 N–H and O–H groups in total. The minimum Gasteiger partial charge on any atom is -0.478 e. The number of hydrogen-bond acceptors (Lipinski definition) is 4. The highest BCUT2D eigenvalue weighted by molar-refractivity contribution is 5.95. The van der Waals surface area contributed by atoms with Crippen molar-refractivity contribution in [1.82, 2.24) is 0 Å². The molecule has 0 saturated carbocycles. The number of carboxylic acid groups (broad SMARTS) is 1. The van der Waals surface area contributed by atoms with Crippen LogP contribution in [0, 0.1) is 0 Å². The first-order chi connectivity index (χ1) is 13.2. The van der Waals surface area contributed by atoms with Crippen LogP contribution < -0.4 is 5.43 Å². The van der Waals surface area contributed by atoms with Gasteiger partial charge in [0.2, 0.25) is 0 Å². The van der Waals surface area contributed by atoms with E-state index >= 15 is 0 Å². The molecule has 5 heteroatoms. The molecule has 4 aromatic rings. The van der Waals surface area contributed by atoms with Crippen molar-refractivity contribution in [1.29, 1.82) is 0 Å². The number of anilines is 1. The lowest BCUT2D eigenvalue weighted by molar-refractivity contribution is 0.0697. The van der Waals surface area contributed by atoms with Gasteiger partial charge in [-0.05, 0) is 47.2 Å². The first-order valence-corrected chi connectivity index (χ1v) is 8.41. The Morgan fingerprint density at radius 2 is 1.70 bits per heavy atom. The average Bonchev–Trinajstić information content (AvgIpc) is 3.16. The van der Waals surface area contributed by atoms with E-state index in [2.05, 4.69) is 28.7 Å². The number of nitrogens with one attached hydrogen (secondary N) is 1. The van der Waals surface area contributed by atoms with Crippen LogP contribution in [0.25, 0.3) is 22.1 Å². The quantitative estimate of drug-likeness (QED) is 0.378. The average molecular weight is 356 g/mol. The van der Waals surface area contributed by atoms with Crippen molar-refractivity contribution in [2.24, 2.45) is 5.10 Å². The highest BCUT2D eigenvalue weighted by Crippen LogP contribution is 2.29. The lowest BCUT2D eigenvalue weighted by atomic mass is 10.0. The van der Waals surface area contributed by atoms with Crippen LogP contribution in [-0.4, -0.2) is 17.3 Å². The van der Waals surface area contributed by atoms with Gasteiger partial charge in [-0.25, -0.2) is 4.79 Å². The number of hydrazone groups is 1. The number of hydrogen-bond donors (Lipinski definition) is 2. The van der Waals surface area contributed by atoms with Gasteiger partial charge in [0.1, 0.15) is 11.5 Å². The predicted octanol–water partition coefficient (Wildman–Crippen LogP) is 5.24. The molecule has 0 spiro atoms. The molecule has 3 aromatic carbocycles. The number of furan rings is 1. The van der Waals surface area contributed by atoms with Crippen LogP contribution in [0.2, 0.25) is 0 Å². The Balaban J connectivity index is 1.51. The third-order valence-electron chi connectivity index (χ3n) is 4.20. The zero-order chi connectivity index (χ0) is 18.6. The van der Waals surface area contributed by atoms with Crippen LogP contribution in [0.15, 0.2) is 88.4 Å². The SMILES string of the molecule is O=C(O)c1ccc(NN=Cc2ccc(-c3cccc4ccccc34)o2)cc1. The van der Waals surface area contributed by atoms with Gasteiger partial charge in [0.25, 0.3) is 0 Å². The molecule has 0 bridgehead atoms. The van der Waals surface area contributed by atoms with Gasteiger partial charge < -0.3 is 9.52 Å². The number of nitrogens with zero attached hydrogens (tertiary/aromatic N) is 1. The maximum Gasteiger partial charge on any atom is 0.335 e. The fourth-order valence-electron chi connectivity index (χ4n) is 2.87. The molecular weight excluding hydrogens is 340 g/mol. The van der Waals surface area contributed by atoms with E-state index in [0.29, 0.717) is 11.4 Å². The number of rotatable bonds is 5. The maximum absolute atomic E-state index is 10.8. The van der Waals surface area contributed by atoms with Crippen LogP contribution in [0.1, 0.15) is 16.1 Å². The number of aromatic carboxylic acids is 1. The van der Waals surface area contributed by atoms with E-state index in [9.17, 15) is 4.79 Å². The fraction of sp³-hybridized carbons (Fsp3) is 0. The molecular formula is C22H16N2O3. The minimum absolute atomic E-state index is 0.232. The van der Waals surface area contributed by atoms with Gasteiger partial charge in [-0.1, -0.05) is 42.5 Å². The highest BCUT2D eigenvalue weighted by Gasteiger charge is 2.07. The summed E-state index contributed by atoms with van der Waals surface area (Å²) in [6.07, 6.45) is 1.58. The molecule has 0 saturated heterocycles. The van der Waals surface area contributed by atoms with E-state index in [0.717, 1.165) is 22.1 Å². The molecule has 0 amide bonds. The van der Waals surface area contributed by atoms with Gasteiger partial charge in [-0.2, -0.15) is 5.10 Å². The predicted molar refractivity (Wildman–Crippen MR) is 106 cm³/mol. The van der Waals surface area contributed by atoms with Crippen molar-refractivity contribution in [3.8, 4) is 11.3 Å². The van der Waals surface area contributed by atoms with Gasteiger partial charge in [-0.3, -0.25) is 5.43 Å². The molecule has 4 rings (SSSR count). The summed E-state index contributed by atoms with van der Waals surface area (Å²) in [4.78, 5) is 10.8. The monoisotopic (exact) mass is 356 g/mol. The van der Waals surface area contributed by atoms with Crippen molar-refractivity contribution >= 4 is 28.6 Å². The Morgan fingerprint density at radius 1 is 0.926 bits per heavy atom. The Hall–Kier alpha value is -3.86. The zero-order valence-electron chi connectivity index (χ0n) is 14.3. The van der Waals surface area contributed by atoms with E-state index in [-0.39, 0.29) is 5.56 Å². The van der Waals surface area contributed by atoms with Crippen molar-refractivity contribution in [2.45, 2.75) is 0 Å². The van der Waals surface area contributed by atoms with Crippen molar-refractivity contribution in [2.75, 3.05) is 5.43 Å². The van der Waals surface area contributed by atoms with Crippen LogP contribution in [-0.2, 0) is 0 Å². The summed E-state index contributed by atoms with van der Waals surface area (Å²) < 4.78 is 5.90. The summed E-state index contributed by atoms with van der Waals surface area (Å²) in [6.45, 7) is 0. The van der Waals surface area contributed by atoms with Crippen LogP contribution in [0.3, 0.4) is 0 Å². The first kappa shape index (κ1) is 16.6. The second-order valence-corrected chi connectivity index (χ2v) is 5.98. The third-order valence-corrected chi connectivity index (χ3v) is 4.20.